The minimum Gasteiger partial charge on any atom is -0.304 e. The number of hydrogen-bond donors (Lipinski definition) is 0. The Kier molecular flexibility index (Phi) is 38.9. The topological polar surface area (TPSA) is 17.1 Å². The number of carbonyl (C=O) groups excluding carboxylic acids is 1. The van der Waals surface area contributed by atoms with Crippen LogP contribution < -0.4 is 0 Å². The Morgan fingerprint density at radius 3 is 1.75 bits per heavy atom. The zero-order chi connectivity index (χ0) is 2.71. The molecule has 0 saturated carbocycles. The Hall–Kier alpha value is -0.330. The van der Waals surface area contributed by atoms with Gasteiger partial charge in [0.15, 0.2) is 0 Å². The first-order valence-corrected chi connectivity index (χ1v) is 0.813. The number of hydrogen-bond acceptors (Lipinski definition) is 1. The van der Waals surface area contributed by atoms with Crippen LogP contribution in [0.1, 0.15) is 6.92 Å². The van der Waals surface area contributed by atoms with Crippen LogP contribution in [0.5, 0.6) is 0 Å². The summed E-state index contributed by atoms with van der Waals surface area (Å²) in [6.07, 6.45) is 0.750. The number of rotatable bonds is 0. The fraction of sp³-hybridized carbons (Fsp3) is 0.333. The monoisotopic (exact) mass is 59.0 g/mol. The van der Waals surface area contributed by atoms with Crippen molar-refractivity contribution in [3.05, 3.63) is 7.43 Å². The van der Waals surface area contributed by atoms with Gasteiger partial charge in [0.1, 0.15) is 6.29 Å². The van der Waals surface area contributed by atoms with Gasteiger partial charge in [-0.1, -0.05) is 7.43 Å². The normalized spacial score (nSPS) is 3.25. The van der Waals surface area contributed by atoms with Crippen molar-refractivity contribution in [2.24, 2.45) is 0 Å². The summed E-state index contributed by atoms with van der Waals surface area (Å²) in [6, 6.07) is 0. The van der Waals surface area contributed by atoms with Gasteiger partial charge in [-0.25, -0.2) is 0 Å². The van der Waals surface area contributed by atoms with E-state index in [1.807, 2.05) is 0 Å². The highest BCUT2D eigenvalue weighted by atomic mass is 16.1. The van der Waals surface area contributed by atoms with Crippen molar-refractivity contribution >= 4 is 6.29 Å². The number of aldehydes is 1. The minimum atomic E-state index is 0. The SMILES string of the molecule is CC=O.[CH3]. The summed E-state index contributed by atoms with van der Waals surface area (Å²) < 4.78 is 0. The number of carbonyl (C=O) groups is 1. The quantitative estimate of drug-likeness (QED) is 0.374. The second kappa shape index (κ2) is 16.6. The van der Waals surface area contributed by atoms with E-state index < -0.39 is 0 Å². The van der Waals surface area contributed by atoms with Crippen LogP contribution in [0.4, 0.5) is 0 Å². The first-order chi connectivity index (χ1) is 1.41. The average molecular weight is 59.1 g/mol. The summed E-state index contributed by atoms with van der Waals surface area (Å²) in [5, 5.41) is 0. The Balaban J connectivity index is 0. The molecule has 0 atom stereocenters. The molecule has 0 amide bonds. The second-order valence-electron chi connectivity index (χ2n) is 0.236. The molecule has 0 bridgehead atoms. The van der Waals surface area contributed by atoms with Gasteiger partial charge in [-0.3, -0.25) is 0 Å². The molecular weight excluding hydrogens is 52.0 g/mol. The highest BCUT2D eigenvalue weighted by Gasteiger charge is 1.24. The van der Waals surface area contributed by atoms with Crippen LogP contribution in [-0.2, 0) is 4.79 Å². The second-order valence-corrected chi connectivity index (χ2v) is 0.236. The van der Waals surface area contributed by atoms with E-state index in [1.165, 1.54) is 6.92 Å². The fourth-order valence-corrected chi connectivity index (χ4v) is 0. The molecule has 0 aliphatic rings. The zero-order valence-electron chi connectivity index (χ0n) is 2.99. The van der Waals surface area contributed by atoms with Gasteiger partial charge in [-0.15, -0.1) is 0 Å². The van der Waals surface area contributed by atoms with Crippen LogP contribution in [0, 0.1) is 7.43 Å². The maximum atomic E-state index is 8.81. The van der Waals surface area contributed by atoms with E-state index in [0.29, 0.717) is 0 Å². The third-order valence-corrected chi connectivity index (χ3v) is 0. The third-order valence-electron chi connectivity index (χ3n) is 0. The van der Waals surface area contributed by atoms with E-state index >= 15 is 0 Å². The molecule has 4 heavy (non-hydrogen) atoms. The molecule has 0 aliphatic carbocycles. The molecule has 25 valence electrons. The van der Waals surface area contributed by atoms with Gasteiger partial charge in [0.2, 0.25) is 0 Å². The van der Waals surface area contributed by atoms with Gasteiger partial charge in [-0.05, 0) is 6.92 Å². The van der Waals surface area contributed by atoms with E-state index in [-0.39, 0.29) is 7.43 Å². The lowest BCUT2D eigenvalue weighted by Gasteiger charge is -1.23. The van der Waals surface area contributed by atoms with Crippen LogP contribution >= 0.6 is 0 Å². The van der Waals surface area contributed by atoms with E-state index in [4.69, 9.17) is 4.79 Å². The third kappa shape index (κ3) is 6.88. The van der Waals surface area contributed by atoms with E-state index in [2.05, 4.69) is 0 Å². The van der Waals surface area contributed by atoms with Crippen LogP contribution in [-0.4, -0.2) is 6.29 Å². The van der Waals surface area contributed by atoms with Gasteiger partial charge in [0.25, 0.3) is 0 Å². The molecule has 0 heterocycles. The molecule has 0 spiro atoms. The first kappa shape index (κ1) is 9.38. The largest absolute Gasteiger partial charge is 0.304 e. The van der Waals surface area contributed by atoms with Gasteiger partial charge in [-0.2, -0.15) is 0 Å². The predicted octanol–water partition coefficient (Wildman–Crippen LogP) is 0.655. The summed E-state index contributed by atoms with van der Waals surface area (Å²) >= 11 is 0. The Labute approximate surface area is 26.6 Å². The van der Waals surface area contributed by atoms with Crippen molar-refractivity contribution in [1.82, 2.24) is 0 Å². The van der Waals surface area contributed by atoms with Crippen molar-refractivity contribution in [3.63, 3.8) is 0 Å². The molecule has 0 rings (SSSR count). The molecule has 0 aromatic rings. The molecule has 0 fully saturated rings. The fourth-order valence-electron chi connectivity index (χ4n) is 0. The van der Waals surface area contributed by atoms with Crippen molar-refractivity contribution in [1.29, 1.82) is 0 Å². The molecule has 0 unspecified atom stereocenters. The van der Waals surface area contributed by atoms with Gasteiger partial charge >= 0.3 is 0 Å². The van der Waals surface area contributed by atoms with Crippen LogP contribution in [0.15, 0.2) is 0 Å². The predicted molar refractivity (Wildman–Crippen MR) is 18.2 cm³/mol. The summed E-state index contributed by atoms with van der Waals surface area (Å²) in [6.45, 7) is 1.44. The first-order valence-electron chi connectivity index (χ1n) is 0.813. The highest BCUT2D eigenvalue weighted by molar-refractivity contribution is 5.44. The molecule has 0 aromatic carbocycles. The summed E-state index contributed by atoms with van der Waals surface area (Å²) in [7, 11) is 0. The smallest absolute Gasteiger partial charge is 0.116 e. The Morgan fingerprint density at radius 2 is 1.75 bits per heavy atom. The molecule has 0 saturated heterocycles. The maximum absolute atomic E-state index is 8.81. The molecule has 1 radical (unpaired) electrons. The van der Waals surface area contributed by atoms with Crippen molar-refractivity contribution in [2.75, 3.05) is 0 Å². The highest BCUT2D eigenvalue weighted by Crippen LogP contribution is 1.13. The van der Waals surface area contributed by atoms with Crippen LogP contribution in [0.2, 0.25) is 0 Å². The summed E-state index contributed by atoms with van der Waals surface area (Å²) in [5.74, 6) is 0. The van der Waals surface area contributed by atoms with Gasteiger partial charge in [0, 0.05) is 0 Å². The van der Waals surface area contributed by atoms with Crippen LogP contribution in [0.25, 0.3) is 0 Å². The molecule has 1 nitrogen and oxygen atoms in total. The minimum absolute atomic E-state index is 0. The van der Waals surface area contributed by atoms with Crippen LogP contribution in [0.3, 0.4) is 0 Å². The summed E-state index contributed by atoms with van der Waals surface area (Å²) in [5.41, 5.74) is 0. The van der Waals surface area contributed by atoms with Crippen molar-refractivity contribution < 1.29 is 4.79 Å². The molecule has 1 heteroatoms. The van der Waals surface area contributed by atoms with Crippen molar-refractivity contribution in [2.45, 2.75) is 6.92 Å². The summed E-state index contributed by atoms with van der Waals surface area (Å²) in [4.78, 5) is 8.81. The van der Waals surface area contributed by atoms with E-state index in [1.54, 1.807) is 0 Å². The molecule has 0 N–H and O–H groups in total. The standard InChI is InChI=1S/C2H4O.CH3/c1-2-3;/h2H,1H3;1H3. The zero-order valence-corrected chi connectivity index (χ0v) is 2.99. The van der Waals surface area contributed by atoms with Gasteiger partial charge in [0.05, 0.1) is 0 Å². The van der Waals surface area contributed by atoms with Crippen molar-refractivity contribution in [3.8, 4) is 0 Å². The molecule has 0 aliphatic heterocycles. The lowest BCUT2D eigenvalue weighted by atomic mass is 11.0. The van der Waals surface area contributed by atoms with E-state index in [9.17, 15) is 0 Å². The Morgan fingerprint density at radius 1 is 1.75 bits per heavy atom. The maximum Gasteiger partial charge on any atom is 0.116 e. The Bertz CT molecular complexity index is 10.8. The molecular formula is C3H7O. The van der Waals surface area contributed by atoms with E-state index in [0.717, 1.165) is 6.29 Å². The average Bonchev–Trinajstić information content (AvgIpc) is 0.918. The lowest BCUT2D eigenvalue weighted by molar-refractivity contribution is -0.106. The lowest BCUT2D eigenvalue weighted by Crippen LogP contribution is -1.36. The van der Waals surface area contributed by atoms with Gasteiger partial charge < -0.3 is 4.79 Å². The molecule has 0 aromatic heterocycles.